The topological polar surface area (TPSA) is 0 Å². The van der Waals surface area contributed by atoms with E-state index >= 15 is 0 Å². The van der Waals surface area contributed by atoms with Crippen LogP contribution in [0.5, 0.6) is 0 Å². The van der Waals surface area contributed by atoms with Crippen LogP contribution in [-0.2, 0) is 15.6 Å². The predicted molar refractivity (Wildman–Crippen MR) is 63.9 cm³/mol. The van der Waals surface area contributed by atoms with Crippen molar-refractivity contribution in [2.75, 3.05) is 0 Å². The van der Waals surface area contributed by atoms with Crippen LogP contribution >= 0.6 is 0 Å². The van der Waals surface area contributed by atoms with E-state index in [0.717, 1.165) is 15.5 Å². The molecule has 2 aromatic rings. The third-order valence-electron chi connectivity index (χ3n) is 2.12. The molecule has 0 heterocycles. The van der Waals surface area contributed by atoms with Crippen molar-refractivity contribution in [1.29, 1.82) is 0 Å². The first-order valence-electron chi connectivity index (χ1n) is 5.01. The third-order valence-corrected chi connectivity index (χ3v) is 2.61. The zero-order chi connectivity index (χ0) is 11.2. The van der Waals surface area contributed by atoms with Gasteiger partial charge in [-0.15, -0.1) is 0 Å². The Morgan fingerprint density at radius 3 is 2.00 bits per heavy atom. The molecule has 1 heteroatoms. The third kappa shape index (κ3) is 2.94. The summed E-state index contributed by atoms with van der Waals surface area (Å²) in [5.74, 6) is 6.21. The van der Waals surface area contributed by atoms with Gasteiger partial charge in [-0.2, -0.15) is 0 Å². The monoisotopic (exact) mass is 245 g/mol. The summed E-state index contributed by atoms with van der Waals surface area (Å²) in [5, 5.41) is 0. The standard InChI is InChI=1S/C15H10.Mn/c1-3-8-14(9-4-1)12-7-13-15-10-5-2-6-11-15;/h1-6,8-11H;. The number of rotatable bonds is 1. The van der Waals surface area contributed by atoms with Gasteiger partial charge in [-0.3, -0.25) is 0 Å². The molecule has 2 aromatic carbocycles. The Kier molecular flexibility index (Phi) is 3.72. The SMILES string of the molecule is [Mn]=[C](C#Cc1ccccc1)c1ccccc1. The fourth-order valence-corrected chi connectivity index (χ4v) is 1.58. The van der Waals surface area contributed by atoms with Gasteiger partial charge in [0.1, 0.15) is 0 Å². The Morgan fingerprint density at radius 1 is 0.812 bits per heavy atom. The van der Waals surface area contributed by atoms with Crippen LogP contribution in [-0.4, -0.2) is 4.42 Å². The first-order valence-corrected chi connectivity index (χ1v) is 5.60. The van der Waals surface area contributed by atoms with Crippen LogP contribution in [0.2, 0.25) is 0 Å². The molecule has 0 spiro atoms. The maximum absolute atomic E-state index is 3.49. The van der Waals surface area contributed by atoms with Crippen LogP contribution in [0.1, 0.15) is 11.1 Å². The molecule has 0 amide bonds. The summed E-state index contributed by atoms with van der Waals surface area (Å²) < 4.78 is 0.914. The van der Waals surface area contributed by atoms with Crippen LogP contribution in [0.15, 0.2) is 60.7 Å². The molecule has 0 N–H and O–H groups in total. The van der Waals surface area contributed by atoms with Crippen LogP contribution in [0.3, 0.4) is 0 Å². The van der Waals surface area contributed by atoms with Crippen LogP contribution < -0.4 is 0 Å². The number of hydrogen-bond acceptors (Lipinski definition) is 0. The molecule has 0 nitrogen and oxygen atoms in total. The molecule has 0 saturated carbocycles. The van der Waals surface area contributed by atoms with Crippen molar-refractivity contribution < 1.29 is 15.6 Å². The Morgan fingerprint density at radius 2 is 1.38 bits per heavy atom. The molecule has 0 unspecified atom stereocenters. The van der Waals surface area contributed by atoms with Crippen LogP contribution in [0, 0.1) is 11.8 Å². The molecule has 0 aromatic heterocycles. The summed E-state index contributed by atoms with van der Waals surface area (Å²) in [7, 11) is 0. The van der Waals surface area contributed by atoms with Gasteiger partial charge in [0.15, 0.2) is 0 Å². The van der Waals surface area contributed by atoms with E-state index in [9.17, 15) is 0 Å². The normalized spacial score (nSPS) is 9.00. The Hall–Kier alpha value is -1.61. The molecule has 0 aliphatic carbocycles. The zero-order valence-corrected chi connectivity index (χ0v) is 9.83. The molecule has 16 heavy (non-hydrogen) atoms. The second kappa shape index (κ2) is 5.47. The van der Waals surface area contributed by atoms with E-state index in [2.05, 4.69) is 27.4 Å². The number of benzene rings is 2. The summed E-state index contributed by atoms with van der Waals surface area (Å²) >= 11 is 3.49. The average molecular weight is 245 g/mol. The Bertz CT molecular complexity index is 530. The van der Waals surface area contributed by atoms with Gasteiger partial charge in [0.05, 0.1) is 0 Å². The molecule has 0 bridgehead atoms. The van der Waals surface area contributed by atoms with Crippen molar-refractivity contribution >= 4 is 4.42 Å². The van der Waals surface area contributed by atoms with Crippen LogP contribution in [0.4, 0.5) is 0 Å². The van der Waals surface area contributed by atoms with E-state index in [1.165, 1.54) is 0 Å². The van der Waals surface area contributed by atoms with Gasteiger partial charge in [0, 0.05) is 0 Å². The minimum absolute atomic E-state index is 0.914. The van der Waals surface area contributed by atoms with Gasteiger partial charge in [-0.1, -0.05) is 0 Å². The van der Waals surface area contributed by atoms with Crippen molar-refractivity contribution in [3.8, 4) is 11.8 Å². The summed E-state index contributed by atoms with van der Waals surface area (Å²) in [6, 6.07) is 20.0. The van der Waals surface area contributed by atoms with E-state index in [1.54, 1.807) is 0 Å². The fraction of sp³-hybridized carbons (Fsp3) is 0. The fourth-order valence-electron chi connectivity index (χ4n) is 1.31. The molecule has 0 saturated heterocycles. The zero-order valence-electron chi connectivity index (χ0n) is 8.65. The second-order valence-electron chi connectivity index (χ2n) is 3.30. The molecule has 0 fully saturated rings. The van der Waals surface area contributed by atoms with Gasteiger partial charge < -0.3 is 0 Å². The Balaban J connectivity index is 2.18. The molecule has 77 valence electrons. The van der Waals surface area contributed by atoms with Crippen molar-refractivity contribution in [1.82, 2.24) is 0 Å². The first-order chi connectivity index (χ1) is 7.86. The van der Waals surface area contributed by atoms with Crippen molar-refractivity contribution in [2.45, 2.75) is 0 Å². The van der Waals surface area contributed by atoms with Gasteiger partial charge in [0.2, 0.25) is 0 Å². The molecule has 0 radical (unpaired) electrons. The minimum atomic E-state index is 0.914. The maximum atomic E-state index is 3.49. The quantitative estimate of drug-likeness (QED) is 0.535. The molecule has 0 atom stereocenters. The summed E-state index contributed by atoms with van der Waals surface area (Å²) in [5.41, 5.74) is 2.13. The Labute approximate surface area is 104 Å². The second-order valence-corrected chi connectivity index (χ2v) is 3.89. The number of hydrogen-bond donors (Lipinski definition) is 0. The predicted octanol–water partition coefficient (Wildman–Crippen LogP) is 2.81. The van der Waals surface area contributed by atoms with Gasteiger partial charge in [0.25, 0.3) is 0 Å². The summed E-state index contributed by atoms with van der Waals surface area (Å²) in [6.45, 7) is 0. The van der Waals surface area contributed by atoms with Gasteiger partial charge >= 0.3 is 104 Å². The molecule has 2 rings (SSSR count). The van der Waals surface area contributed by atoms with Crippen LogP contribution in [0.25, 0.3) is 0 Å². The van der Waals surface area contributed by atoms with Crippen molar-refractivity contribution in [3.63, 3.8) is 0 Å². The van der Waals surface area contributed by atoms with Crippen molar-refractivity contribution in [3.05, 3.63) is 71.8 Å². The molecular weight excluding hydrogens is 235 g/mol. The van der Waals surface area contributed by atoms with E-state index in [0.29, 0.717) is 0 Å². The molecule has 0 aliphatic rings. The van der Waals surface area contributed by atoms with E-state index in [4.69, 9.17) is 0 Å². The van der Waals surface area contributed by atoms with E-state index in [1.807, 2.05) is 60.7 Å². The van der Waals surface area contributed by atoms with E-state index in [-0.39, 0.29) is 0 Å². The summed E-state index contributed by atoms with van der Waals surface area (Å²) in [6.07, 6.45) is 0. The molecular formula is C15H10Mn. The van der Waals surface area contributed by atoms with E-state index < -0.39 is 0 Å². The van der Waals surface area contributed by atoms with Gasteiger partial charge in [-0.05, 0) is 0 Å². The van der Waals surface area contributed by atoms with Gasteiger partial charge in [-0.25, -0.2) is 0 Å². The van der Waals surface area contributed by atoms with Crippen molar-refractivity contribution in [2.24, 2.45) is 0 Å². The average Bonchev–Trinajstić information content (AvgIpc) is 2.38. The molecule has 0 aliphatic heterocycles. The first kappa shape index (κ1) is 10.9. The summed E-state index contributed by atoms with van der Waals surface area (Å²) in [4.78, 5) is 0.